The number of carbonyl (C=O) groups is 2. The van der Waals surface area contributed by atoms with Crippen molar-refractivity contribution in [3.05, 3.63) is 137 Å². The Bertz CT molecular complexity index is 2530. The normalized spacial score (nSPS) is 17.5. The summed E-state index contributed by atoms with van der Waals surface area (Å²) in [6.45, 7) is 5.20. The van der Waals surface area contributed by atoms with Gasteiger partial charge in [0.25, 0.3) is 11.8 Å². The van der Waals surface area contributed by atoms with Gasteiger partial charge in [0.2, 0.25) is 6.79 Å². The van der Waals surface area contributed by atoms with Crippen LogP contribution in [0.15, 0.2) is 109 Å². The number of aromatic hydroxyl groups is 1. The molecule has 0 unspecified atom stereocenters. The van der Waals surface area contributed by atoms with Crippen LogP contribution in [0.4, 0.5) is 17.1 Å². The first-order valence-electron chi connectivity index (χ1n) is 19.6. The Labute approximate surface area is 330 Å². The molecule has 11 nitrogen and oxygen atoms in total. The molecule has 6 aromatic rings. The summed E-state index contributed by atoms with van der Waals surface area (Å²) in [4.78, 5) is 38.7. The fraction of sp³-hybridized carbons (Fsp3) is 0.261. The number of morpholine rings is 1. The molecule has 0 bridgehead atoms. The number of benzene rings is 4. The molecule has 0 radical (unpaired) electrons. The number of carbonyl (C=O) groups excluding carboxylic acids is 2. The van der Waals surface area contributed by atoms with Crippen molar-refractivity contribution < 1.29 is 28.9 Å². The third-order valence-corrected chi connectivity index (χ3v) is 11.9. The molecule has 57 heavy (non-hydrogen) atoms. The van der Waals surface area contributed by atoms with Crippen LogP contribution in [-0.2, 0) is 24.1 Å². The van der Waals surface area contributed by atoms with Crippen LogP contribution < -0.4 is 19.3 Å². The highest BCUT2D eigenvalue weighted by atomic mass is 16.7. The standard InChI is InChI=1S/C46H43N5O6/c1-47-17-15-31-23-34(11-14-40(31)47)51(33-9-12-36(52)13-10-33)46(54)39-24-42(49-16-5-4-8-41(39)49)37-25-43-44(57-29-56-43)26-38(37)45(53)50-27-32-7-3-2-6-30(32)22-35(50)28-48-18-20-55-21-19-48/h2-14,16,23-26,35,52H,15,17-22,27-29H2,1H3/t35-/m0/s1. The van der Waals surface area contributed by atoms with Crippen LogP contribution in [0.2, 0.25) is 0 Å². The average Bonchev–Trinajstić information content (AvgIpc) is 3.97. The highest BCUT2D eigenvalue weighted by Gasteiger charge is 2.35. The van der Waals surface area contributed by atoms with E-state index in [0.717, 1.165) is 56.0 Å². The monoisotopic (exact) mass is 761 g/mol. The zero-order valence-corrected chi connectivity index (χ0v) is 31.8. The highest BCUT2D eigenvalue weighted by Crippen LogP contribution is 2.42. The highest BCUT2D eigenvalue weighted by molar-refractivity contribution is 6.16. The van der Waals surface area contributed by atoms with E-state index in [0.29, 0.717) is 64.8 Å². The Balaban J connectivity index is 1.09. The minimum Gasteiger partial charge on any atom is -0.508 e. The molecular formula is C46H43N5O6. The molecule has 0 spiro atoms. The van der Waals surface area contributed by atoms with Crippen molar-refractivity contribution in [3.8, 4) is 28.5 Å². The predicted molar refractivity (Wildman–Crippen MR) is 218 cm³/mol. The van der Waals surface area contributed by atoms with Crippen LogP contribution in [0, 0.1) is 0 Å². The largest absolute Gasteiger partial charge is 0.508 e. The van der Waals surface area contributed by atoms with Gasteiger partial charge in [-0.2, -0.15) is 0 Å². The van der Waals surface area contributed by atoms with E-state index in [1.165, 1.54) is 11.1 Å². The van der Waals surface area contributed by atoms with Crippen LogP contribution >= 0.6 is 0 Å². The van der Waals surface area contributed by atoms with Gasteiger partial charge >= 0.3 is 0 Å². The Morgan fingerprint density at radius 1 is 0.789 bits per heavy atom. The number of hydrogen-bond acceptors (Lipinski definition) is 8. The van der Waals surface area contributed by atoms with Crippen LogP contribution in [-0.4, -0.2) is 90.4 Å². The van der Waals surface area contributed by atoms with Crippen molar-refractivity contribution in [2.45, 2.75) is 25.4 Å². The molecule has 1 N–H and O–H groups in total. The molecule has 288 valence electrons. The maximum atomic E-state index is 15.2. The summed E-state index contributed by atoms with van der Waals surface area (Å²) in [5.41, 5.74) is 9.03. The van der Waals surface area contributed by atoms with Crippen molar-refractivity contribution >= 4 is 34.4 Å². The summed E-state index contributed by atoms with van der Waals surface area (Å²) in [6.07, 6.45) is 3.56. The molecule has 1 atom stereocenters. The molecule has 4 aliphatic heterocycles. The Hall–Kier alpha value is -6.30. The number of pyridine rings is 1. The number of ether oxygens (including phenoxy) is 3. The third-order valence-electron chi connectivity index (χ3n) is 11.9. The second-order valence-corrected chi connectivity index (χ2v) is 15.3. The van der Waals surface area contributed by atoms with Gasteiger partial charge in [-0.15, -0.1) is 0 Å². The summed E-state index contributed by atoms with van der Waals surface area (Å²) in [5, 5.41) is 10.2. The topological polar surface area (TPSA) is 99.4 Å². The van der Waals surface area contributed by atoms with Gasteiger partial charge in [-0.05, 0) is 102 Å². The third kappa shape index (κ3) is 6.33. The lowest BCUT2D eigenvalue weighted by Gasteiger charge is -2.40. The zero-order valence-electron chi connectivity index (χ0n) is 31.8. The molecule has 0 saturated carbocycles. The predicted octanol–water partition coefficient (Wildman–Crippen LogP) is 6.91. The van der Waals surface area contributed by atoms with E-state index in [2.05, 4.69) is 47.2 Å². The number of fused-ring (bicyclic) bond motifs is 4. The summed E-state index contributed by atoms with van der Waals surface area (Å²) < 4.78 is 19.4. The fourth-order valence-electron chi connectivity index (χ4n) is 8.89. The molecular weight excluding hydrogens is 719 g/mol. The maximum absolute atomic E-state index is 15.2. The van der Waals surface area contributed by atoms with Crippen molar-refractivity contribution in [3.63, 3.8) is 0 Å². The lowest BCUT2D eigenvalue weighted by molar-refractivity contribution is 0.0193. The Kier molecular flexibility index (Phi) is 8.83. The van der Waals surface area contributed by atoms with E-state index in [1.807, 2.05) is 58.0 Å². The number of phenols is 1. The van der Waals surface area contributed by atoms with Crippen LogP contribution in [0.25, 0.3) is 16.8 Å². The molecule has 0 aliphatic carbocycles. The number of phenolic OH excluding ortho intramolecular Hbond substituents is 1. The molecule has 4 aromatic carbocycles. The summed E-state index contributed by atoms with van der Waals surface area (Å²) in [6, 6.07) is 32.5. The molecule has 1 saturated heterocycles. The van der Waals surface area contributed by atoms with Gasteiger partial charge in [0, 0.05) is 74.6 Å². The zero-order chi connectivity index (χ0) is 38.6. The van der Waals surface area contributed by atoms with E-state index in [9.17, 15) is 5.11 Å². The van der Waals surface area contributed by atoms with Crippen molar-refractivity contribution in [2.75, 3.05) is 63.0 Å². The van der Waals surface area contributed by atoms with E-state index in [4.69, 9.17) is 14.2 Å². The summed E-state index contributed by atoms with van der Waals surface area (Å²) in [5.74, 6) is 0.824. The van der Waals surface area contributed by atoms with Crippen molar-refractivity contribution in [1.82, 2.24) is 14.2 Å². The Morgan fingerprint density at radius 2 is 1.54 bits per heavy atom. The van der Waals surface area contributed by atoms with Gasteiger partial charge < -0.3 is 33.5 Å². The second-order valence-electron chi connectivity index (χ2n) is 15.3. The second kappa shape index (κ2) is 14.3. The molecule has 2 amide bonds. The van der Waals surface area contributed by atoms with Gasteiger partial charge in [-0.3, -0.25) is 19.4 Å². The average molecular weight is 762 g/mol. The van der Waals surface area contributed by atoms with Crippen molar-refractivity contribution in [2.24, 2.45) is 0 Å². The number of anilines is 3. The molecule has 6 heterocycles. The number of rotatable bonds is 7. The van der Waals surface area contributed by atoms with Crippen LogP contribution in [0.5, 0.6) is 17.2 Å². The summed E-state index contributed by atoms with van der Waals surface area (Å²) >= 11 is 0. The molecule has 1 fully saturated rings. The number of hydrogen-bond donors (Lipinski definition) is 1. The van der Waals surface area contributed by atoms with E-state index >= 15 is 9.59 Å². The number of aromatic nitrogens is 1. The van der Waals surface area contributed by atoms with E-state index in [1.54, 1.807) is 35.2 Å². The minimum atomic E-state index is -0.242. The number of nitrogens with zero attached hydrogens (tertiary/aromatic N) is 5. The van der Waals surface area contributed by atoms with Gasteiger partial charge in [0.15, 0.2) is 11.5 Å². The van der Waals surface area contributed by atoms with E-state index < -0.39 is 0 Å². The summed E-state index contributed by atoms with van der Waals surface area (Å²) in [7, 11) is 2.08. The number of likely N-dealkylation sites (N-methyl/N-ethyl adjacent to an activating group) is 1. The van der Waals surface area contributed by atoms with Gasteiger partial charge in [0.1, 0.15) is 5.75 Å². The van der Waals surface area contributed by atoms with Crippen LogP contribution in [0.1, 0.15) is 37.4 Å². The van der Waals surface area contributed by atoms with E-state index in [-0.39, 0.29) is 30.4 Å². The van der Waals surface area contributed by atoms with Gasteiger partial charge in [-0.1, -0.05) is 30.3 Å². The first-order valence-corrected chi connectivity index (χ1v) is 19.6. The molecule has 4 aliphatic rings. The molecule has 10 rings (SSSR count). The first kappa shape index (κ1) is 35.1. The van der Waals surface area contributed by atoms with Gasteiger partial charge in [0.05, 0.1) is 35.6 Å². The molecule has 2 aromatic heterocycles. The fourth-order valence-corrected chi connectivity index (χ4v) is 8.89. The van der Waals surface area contributed by atoms with Crippen LogP contribution in [0.3, 0.4) is 0 Å². The number of amides is 2. The molecule has 11 heteroatoms. The first-order chi connectivity index (χ1) is 27.9. The Morgan fingerprint density at radius 3 is 2.37 bits per heavy atom. The lowest BCUT2D eigenvalue weighted by Crippen LogP contribution is -2.52. The SMILES string of the molecule is CN1CCc2cc(N(C(=O)c3cc(-c4cc5c(cc4C(=O)N4Cc6ccccc6C[C@H]4CN4CCOCC4)OCO5)n4ccccc34)c3ccc(O)cc3)ccc21. The quantitative estimate of drug-likeness (QED) is 0.188. The minimum absolute atomic E-state index is 0.0555. The smallest absolute Gasteiger partial charge is 0.265 e. The van der Waals surface area contributed by atoms with Crippen molar-refractivity contribution in [1.29, 1.82) is 0 Å². The lowest BCUT2D eigenvalue weighted by atomic mass is 9.92. The van der Waals surface area contributed by atoms with Gasteiger partial charge in [-0.25, -0.2) is 0 Å². The maximum Gasteiger partial charge on any atom is 0.265 e.